The van der Waals surface area contributed by atoms with E-state index < -0.39 is 11.9 Å². The lowest BCUT2D eigenvalue weighted by Crippen LogP contribution is -2.11. The lowest BCUT2D eigenvalue weighted by molar-refractivity contribution is -0.141. The van der Waals surface area contributed by atoms with E-state index >= 15 is 0 Å². The van der Waals surface area contributed by atoms with Crippen LogP contribution in [0.25, 0.3) is 11.3 Å². The minimum atomic E-state index is -4.64. The van der Waals surface area contributed by atoms with E-state index in [4.69, 9.17) is 11.6 Å². The maximum atomic E-state index is 13.2. The number of halogens is 4. The number of hydrogen-bond acceptors (Lipinski definition) is 5. The number of aromatic hydroxyl groups is 1. The number of benzene rings is 2. The van der Waals surface area contributed by atoms with Gasteiger partial charge >= 0.3 is 6.18 Å². The molecule has 0 radical (unpaired) electrons. The smallest absolute Gasteiger partial charge is 0.433 e. The fourth-order valence-corrected chi connectivity index (χ4v) is 2.26. The Morgan fingerprint density at radius 1 is 1.00 bits per heavy atom. The second-order valence-corrected chi connectivity index (χ2v) is 5.86. The van der Waals surface area contributed by atoms with Crippen molar-refractivity contribution in [3.63, 3.8) is 0 Å². The average molecular weight is 393 g/mol. The average Bonchev–Trinajstić information content (AvgIpc) is 2.63. The number of hydrazone groups is 1. The molecular formula is C18H12ClF3N4O. The third-order valence-corrected chi connectivity index (χ3v) is 3.68. The molecule has 1 heterocycles. The second-order valence-electron chi connectivity index (χ2n) is 5.43. The molecule has 3 rings (SSSR count). The Kier molecular flexibility index (Phi) is 5.27. The molecule has 0 saturated heterocycles. The second kappa shape index (κ2) is 7.63. The zero-order valence-corrected chi connectivity index (χ0v) is 14.3. The molecule has 0 aliphatic carbocycles. The monoisotopic (exact) mass is 392 g/mol. The molecule has 3 aromatic rings. The van der Waals surface area contributed by atoms with Gasteiger partial charge in [0.1, 0.15) is 5.75 Å². The quantitative estimate of drug-likeness (QED) is 0.486. The Hall–Kier alpha value is -3.13. The molecule has 138 valence electrons. The number of aromatic nitrogens is 2. The van der Waals surface area contributed by atoms with E-state index in [1.807, 2.05) is 0 Å². The molecule has 0 saturated carbocycles. The van der Waals surface area contributed by atoms with Crippen LogP contribution in [0.3, 0.4) is 0 Å². The fraction of sp³-hybridized carbons (Fsp3) is 0.0556. The molecule has 0 fully saturated rings. The summed E-state index contributed by atoms with van der Waals surface area (Å²) in [5, 5.41) is 13.5. The molecule has 9 heteroatoms. The van der Waals surface area contributed by atoms with Crippen LogP contribution in [0.2, 0.25) is 5.02 Å². The van der Waals surface area contributed by atoms with Crippen LogP contribution in [0.1, 0.15) is 11.3 Å². The minimum absolute atomic E-state index is 0.0799. The Balaban J connectivity index is 1.90. The third kappa shape index (κ3) is 4.95. The van der Waals surface area contributed by atoms with Crippen molar-refractivity contribution >= 4 is 23.8 Å². The predicted octanol–water partition coefficient (Wildman–Crippen LogP) is 4.97. The van der Waals surface area contributed by atoms with Crippen LogP contribution in [0.5, 0.6) is 5.75 Å². The van der Waals surface area contributed by atoms with Crippen molar-refractivity contribution in [3.05, 3.63) is 70.9 Å². The van der Waals surface area contributed by atoms with Crippen molar-refractivity contribution in [2.75, 3.05) is 5.43 Å². The van der Waals surface area contributed by atoms with E-state index in [0.717, 1.165) is 6.07 Å². The molecule has 27 heavy (non-hydrogen) atoms. The normalized spacial score (nSPS) is 11.7. The highest BCUT2D eigenvalue weighted by atomic mass is 35.5. The van der Waals surface area contributed by atoms with Crippen LogP contribution >= 0.6 is 11.6 Å². The topological polar surface area (TPSA) is 70.4 Å². The summed E-state index contributed by atoms with van der Waals surface area (Å²) < 4.78 is 39.5. The fourth-order valence-electron chi connectivity index (χ4n) is 2.14. The van der Waals surface area contributed by atoms with Crippen molar-refractivity contribution in [2.24, 2.45) is 5.10 Å². The first kappa shape index (κ1) is 18.7. The first-order valence-corrected chi connectivity index (χ1v) is 7.99. The number of rotatable bonds is 4. The number of nitrogens with one attached hydrogen (secondary N) is 1. The molecule has 0 atom stereocenters. The van der Waals surface area contributed by atoms with Gasteiger partial charge in [-0.15, -0.1) is 0 Å². The van der Waals surface area contributed by atoms with Gasteiger partial charge in [-0.3, -0.25) is 0 Å². The number of alkyl halides is 3. The van der Waals surface area contributed by atoms with Gasteiger partial charge in [0.05, 0.1) is 11.9 Å². The van der Waals surface area contributed by atoms with Crippen LogP contribution in [0.4, 0.5) is 19.1 Å². The van der Waals surface area contributed by atoms with Gasteiger partial charge in [-0.05, 0) is 48.0 Å². The van der Waals surface area contributed by atoms with Gasteiger partial charge in [0, 0.05) is 10.6 Å². The van der Waals surface area contributed by atoms with E-state index in [1.54, 1.807) is 36.4 Å². The van der Waals surface area contributed by atoms with Gasteiger partial charge in [-0.25, -0.2) is 15.4 Å². The van der Waals surface area contributed by atoms with Crippen LogP contribution in [0, 0.1) is 0 Å². The van der Waals surface area contributed by atoms with E-state index in [2.05, 4.69) is 20.5 Å². The lowest BCUT2D eigenvalue weighted by Gasteiger charge is -2.10. The standard InChI is InChI=1S/C18H12ClF3N4O/c19-13-5-3-12(4-6-13)15-9-16(18(20,21)22)25-17(24-15)26-23-10-11-1-7-14(27)8-2-11/h1-10,27H,(H,24,25,26)/b23-10-. The number of nitrogens with zero attached hydrogens (tertiary/aromatic N) is 3. The summed E-state index contributed by atoms with van der Waals surface area (Å²) in [5.41, 5.74) is 2.47. The van der Waals surface area contributed by atoms with Gasteiger partial charge in [-0.2, -0.15) is 18.3 Å². The number of phenolic OH excluding ortho intramolecular Hbond substituents is 1. The molecule has 0 spiro atoms. The summed E-state index contributed by atoms with van der Waals surface area (Å²) in [6.07, 6.45) is -3.27. The predicted molar refractivity (Wildman–Crippen MR) is 96.8 cm³/mol. The molecular weight excluding hydrogens is 381 g/mol. The Bertz CT molecular complexity index is 958. The largest absolute Gasteiger partial charge is 0.508 e. The van der Waals surface area contributed by atoms with E-state index in [9.17, 15) is 18.3 Å². The van der Waals surface area contributed by atoms with Gasteiger partial charge in [0.25, 0.3) is 0 Å². The lowest BCUT2D eigenvalue weighted by atomic mass is 10.1. The van der Waals surface area contributed by atoms with E-state index in [-0.39, 0.29) is 17.4 Å². The summed E-state index contributed by atoms with van der Waals surface area (Å²) in [5.74, 6) is -0.210. The van der Waals surface area contributed by atoms with Crippen molar-refractivity contribution < 1.29 is 18.3 Å². The van der Waals surface area contributed by atoms with Crippen LogP contribution < -0.4 is 5.43 Å². The Morgan fingerprint density at radius 2 is 1.67 bits per heavy atom. The Labute approximate surface area is 157 Å². The first-order valence-electron chi connectivity index (χ1n) is 7.61. The maximum absolute atomic E-state index is 13.2. The highest BCUT2D eigenvalue weighted by Gasteiger charge is 2.33. The van der Waals surface area contributed by atoms with Crippen molar-refractivity contribution in [2.45, 2.75) is 6.18 Å². The number of phenols is 1. The van der Waals surface area contributed by atoms with Gasteiger partial charge in [0.15, 0.2) is 5.69 Å². The molecule has 0 bridgehead atoms. The van der Waals surface area contributed by atoms with E-state index in [0.29, 0.717) is 16.1 Å². The van der Waals surface area contributed by atoms with Gasteiger partial charge < -0.3 is 5.11 Å². The van der Waals surface area contributed by atoms with Gasteiger partial charge in [0.2, 0.25) is 5.95 Å². The number of hydrogen-bond donors (Lipinski definition) is 2. The summed E-state index contributed by atoms with van der Waals surface area (Å²) in [6.45, 7) is 0. The molecule has 0 aliphatic heterocycles. The van der Waals surface area contributed by atoms with Crippen molar-refractivity contribution in [1.29, 1.82) is 0 Å². The molecule has 0 amide bonds. The highest BCUT2D eigenvalue weighted by molar-refractivity contribution is 6.30. The van der Waals surface area contributed by atoms with E-state index in [1.165, 1.54) is 18.3 Å². The van der Waals surface area contributed by atoms with Crippen LogP contribution in [-0.4, -0.2) is 21.3 Å². The zero-order chi connectivity index (χ0) is 19.4. The first-order chi connectivity index (χ1) is 12.8. The summed E-state index contributed by atoms with van der Waals surface area (Å²) >= 11 is 5.81. The zero-order valence-electron chi connectivity index (χ0n) is 13.6. The maximum Gasteiger partial charge on any atom is 0.433 e. The van der Waals surface area contributed by atoms with Crippen molar-refractivity contribution in [1.82, 2.24) is 9.97 Å². The molecule has 1 aromatic heterocycles. The molecule has 0 aliphatic rings. The van der Waals surface area contributed by atoms with Gasteiger partial charge in [-0.1, -0.05) is 23.7 Å². The molecule has 5 nitrogen and oxygen atoms in total. The van der Waals surface area contributed by atoms with Crippen molar-refractivity contribution in [3.8, 4) is 17.0 Å². The molecule has 2 aromatic carbocycles. The summed E-state index contributed by atoms with van der Waals surface area (Å²) in [7, 11) is 0. The number of anilines is 1. The SMILES string of the molecule is Oc1ccc(/C=N\Nc2nc(-c3ccc(Cl)cc3)cc(C(F)(F)F)n2)cc1. The molecule has 2 N–H and O–H groups in total. The highest BCUT2D eigenvalue weighted by Crippen LogP contribution is 2.31. The third-order valence-electron chi connectivity index (χ3n) is 3.43. The van der Waals surface area contributed by atoms with Crippen LogP contribution in [-0.2, 0) is 6.18 Å². The Morgan fingerprint density at radius 3 is 2.30 bits per heavy atom. The van der Waals surface area contributed by atoms with Crippen LogP contribution in [0.15, 0.2) is 59.7 Å². The summed E-state index contributed by atoms with van der Waals surface area (Å²) in [4.78, 5) is 7.54. The molecule has 0 unspecified atom stereocenters. The minimum Gasteiger partial charge on any atom is -0.508 e. The summed E-state index contributed by atoms with van der Waals surface area (Å²) in [6, 6.07) is 13.2.